The largest absolute Gasteiger partial charge is 0.488 e. The summed E-state index contributed by atoms with van der Waals surface area (Å²) in [6.45, 7) is 0.252. The molecule has 0 bridgehead atoms. The van der Waals surface area contributed by atoms with Gasteiger partial charge in [-0.25, -0.2) is 0 Å². The highest BCUT2D eigenvalue weighted by atomic mass is 19.4. The highest BCUT2D eigenvalue weighted by molar-refractivity contribution is 5.72. The zero-order valence-corrected chi connectivity index (χ0v) is 12.6. The second-order valence-corrected chi connectivity index (χ2v) is 5.60. The predicted octanol–water partition coefficient (Wildman–Crippen LogP) is 5.85. The van der Waals surface area contributed by atoms with Gasteiger partial charge in [0, 0.05) is 5.56 Å². The Balaban J connectivity index is 1.90. The first-order chi connectivity index (χ1) is 11.0. The zero-order valence-electron chi connectivity index (χ0n) is 12.6. The first-order valence-electron chi connectivity index (χ1n) is 7.61. The van der Waals surface area contributed by atoms with Gasteiger partial charge in [-0.1, -0.05) is 42.5 Å². The second-order valence-electron chi connectivity index (χ2n) is 5.60. The molecule has 23 heavy (non-hydrogen) atoms. The fourth-order valence-electron chi connectivity index (χ4n) is 2.73. The third-order valence-electron chi connectivity index (χ3n) is 3.93. The molecule has 0 aliphatic heterocycles. The number of alkyl halides is 3. The van der Waals surface area contributed by atoms with Gasteiger partial charge in [0.05, 0.1) is 5.56 Å². The van der Waals surface area contributed by atoms with Crippen LogP contribution >= 0.6 is 0 Å². The number of halogens is 3. The number of hydrogen-bond acceptors (Lipinski definition) is 1. The molecule has 4 heteroatoms. The summed E-state index contributed by atoms with van der Waals surface area (Å²) in [7, 11) is 0. The van der Waals surface area contributed by atoms with Crippen molar-refractivity contribution in [2.45, 2.75) is 32.0 Å². The minimum Gasteiger partial charge on any atom is -0.488 e. The fourth-order valence-corrected chi connectivity index (χ4v) is 2.73. The van der Waals surface area contributed by atoms with Gasteiger partial charge in [0.15, 0.2) is 0 Å². The SMILES string of the molecule is FC(F)(F)c1ccc(C2=CCCC2)c(OCc2ccccc2)c1. The Morgan fingerprint density at radius 3 is 2.43 bits per heavy atom. The summed E-state index contributed by atoms with van der Waals surface area (Å²) in [6.07, 6.45) is 0.599. The summed E-state index contributed by atoms with van der Waals surface area (Å²) in [5.41, 5.74) is 2.09. The predicted molar refractivity (Wildman–Crippen MR) is 84.0 cm³/mol. The highest BCUT2D eigenvalue weighted by Crippen LogP contribution is 2.38. The number of benzene rings is 2. The summed E-state index contributed by atoms with van der Waals surface area (Å²) in [5.74, 6) is 0.303. The molecule has 0 saturated heterocycles. The van der Waals surface area contributed by atoms with Crippen LogP contribution < -0.4 is 4.74 Å². The van der Waals surface area contributed by atoms with E-state index in [9.17, 15) is 13.2 Å². The third kappa shape index (κ3) is 3.76. The van der Waals surface area contributed by atoms with Crippen molar-refractivity contribution in [2.24, 2.45) is 0 Å². The Bertz CT molecular complexity index is 702. The molecule has 2 aromatic rings. The van der Waals surface area contributed by atoms with Crippen LogP contribution in [0.15, 0.2) is 54.6 Å². The third-order valence-corrected chi connectivity index (χ3v) is 3.93. The Morgan fingerprint density at radius 1 is 1.00 bits per heavy atom. The van der Waals surface area contributed by atoms with E-state index in [2.05, 4.69) is 6.08 Å². The molecule has 1 nitrogen and oxygen atoms in total. The van der Waals surface area contributed by atoms with Crippen molar-refractivity contribution in [3.8, 4) is 5.75 Å². The minimum atomic E-state index is -4.37. The zero-order chi connectivity index (χ0) is 16.3. The average Bonchev–Trinajstić information content (AvgIpc) is 3.07. The number of rotatable bonds is 4. The molecule has 0 spiro atoms. The van der Waals surface area contributed by atoms with Gasteiger partial charge in [-0.2, -0.15) is 13.2 Å². The molecule has 0 N–H and O–H groups in total. The Labute approximate surface area is 133 Å². The monoisotopic (exact) mass is 318 g/mol. The molecule has 1 aliphatic carbocycles. The standard InChI is InChI=1S/C19H17F3O/c20-19(21,22)16-10-11-17(15-8-4-5-9-15)18(12-16)23-13-14-6-2-1-3-7-14/h1-3,6-8,10-12H,4-5,9,13H2. The highest BCUT2D eigenvalue weighted by Gasteiger charge is 2.31. The van der Waals surface area contributed by atoms with E-state index >= 15 is 0 Å². The van der Waals surface area contributed by atoms with E-state index in [0.29, 0.717) is 5.75 Å². The second kappa shape index (κ2) is 6.49. The smallest absolute Gasteiger partial charge is 0.416 e. The van der Waals surface area contributed by atoms with E-state index in [1.54, 1.807) is 0 Å². The topological polar surface area (TPSA) is 9.23 Å². The molecular weight excluding hydrogens is 301 g/mol. The molecule has 0 amide bonds. The maximum atomic E-state index is 13.0. The van der Waals surface area contributed by atoms with Crippen molar-refractivity contribution < 1.29 is 17.9 Å². The number of hydrogen-bond donors (Lipinski definition) is 0. The molecule has 0 aromatic heterocycles. The lowest BCUT2D eigenvalue weighted by molar-refractivity contribution is -0.137. The maximum absolute atomic E-state index is 13.0. The number of allylic oxidation sites excluding steroid dienone is 2. The van der Waals surface area contributed by atoms with E-state index in [0.717, 1.165) is 48.1 Å². The van der Waals surface area contributed by atoms with E-state index in [1.165, 1.54) is 6.07 Å². The lowest BCUT2D eigenvalue weighted by atomic mass is 10.0. The molecule has 0 atom stereocenters. The first-order valence-corrected chi connectivity index (χ1v) is 7.61. The van der Waals surface area contributed by atoms with E-state index in [1.807, 2.05) is 30.3 Å². The lowest BCUT2D eigenvalue weighted by Crippen LogP contribution is -2.06. The summed E-state index contributed by atoms with van der Waals surface area (Å²) < 4.78 is 44.6. The lowest BCUT2D eigenvalue weighted by Gasteiger charge is -2.15. The first kappa shape index (κ1) is 15.7. The van der Waals surface area contributed by atoms with Gasteiger partial charge in [-0.05, 0) is 42.5 Å². The quantitative estimate of drug-likeness (QED) is 0.687. The Hall–Kier alpha value is -2.23. The molecule has 0 fully saturated rings. The van der Waals surface area contributed by atoms with Gasteiger partial charge in [0.2, 0.25) is 0 Å². The molecular formula is C19H17F3O. The Morgan fingerprint density at radius 2 is 1.78 bits per heavy atom. The van der Waals surface area contributed by atoms with Gasteiger partial charge in [-0.15, -0.1) is 0 Å². The Kier molecular flexibility index (Phi) is 4.42. The summed E-state index contributed by atoms with van der Waals surface area (Å²) in [4.78, 5) is 0. The van der Waals surface area contributed by atoms with Crippen molar-refractivity contribution in [3.05, 3.63) is 71.3 Å². The molecule has 0 radical (unpaired) electrons. The maximum Gasteiger partial charge on any atom is 0.416 e. The van der Waals surface area contributed by atoms with Crippen LogP contribution in [-0.2, 0) is 12.8 Å². The molecule has 1 aliphatic rings. The molecule has 3 rings (SSSR count). The minimum absolute atomic E-state index is 0.252. The summed E-state index contributed by atoms with van der Waals surface area (Å²) in [6, 6.07) is 13.2. The summed E-state index contributed by atoms with van der Waals surface area (Å²) >= 11 is 0. The van der Waals surface area contributed by atoms with Crippen LogP contribution in [-0.4, -0.2) is 0 Å². The van der Waals surface area contributed by atoms with E-state index < -0.39 is 11.7 Å². The molecule has 120 valence electrons. The average molecular weight is 318 g/mol. The van der Waals surface area contributed by atoms with Gasteiger partial charge >= 0.3 is 6.18 Å². The normalized spacial score (nSPS) is 14.7. The van der Waals surface area contributed by atoms with Crippen LogP contribution in [0.2, 0.25) is 0 Å². The van der Waals surface area contributed by atoms with E-state index in [-0.39, 0.29) is 6.61 Å². The van der Waals surface area contributed by atoms with Crippen LogP contribution in [0, 0.1) is 0 Å². The molecule has 0 saturated carbocycles. The van der Waals surface area contributed by atoms with Crippen molar-refractivity contribution in [2.75, 3.05) is 0 Å². The van der Waals surface area contributed by atoms with Crippen molar-refractivity contribution in [1.82, 2.24) is 0 Å². The van der Waals surface area contributed by atoms with Gasteiger partial charge in [0.25, 0.3) is 0 Å². The van der Waals surface area contributed by atoms with Gasteiger partial charge in [0.1, 0.15) is 12.4 Å². The molecule has 2 aromatic carbocycles. The van der Waals surface area contributed by atoms with Crippen molar-refractivity contribution in [3.63, 3.8) is 0 Å². The number of ether oxygens (including phenoxy) is 1. The summed E-state index contributed by atoms with van der Waals surface area (Å²) in [5, 5.41) is 0. The van der Waals surface area contributed by atoms with E-state index in [4.69, 9.17) is 4.74 Å². The van der Waals surface area contributed by atoms with Crippen molar-refractivity contribution >= 4 is 5.57 Å². The van der Waals surface area contributed by atoms with Crippen LogP contribution in [0.4, 0.5) is 13.2 Å². The van der Waals surface area contributed by atoms with Gasteiger partial charge < -0.3 is 4.74 Å². The van der Waals surface area contributed by atoms with Crippen molar-refractivity contribution in [1.29, 1.82) is 0 Å². The van der Waals surface area contributed by atoms with Crippen LogP contribution in [0.25, 0.3) is 5.57 Å². The van der Waals surface area contributed by atoms with Crippen LogP contribution in [0.3, 0.4) is 0 Å². The van der Waals surface area contributed by atoms with Gasteiger partial charge in [-0.3, -0.25) is 0 Å². The molecule has 0 heterocycles. The fraction of sp³-hybridized carbons (Fsp3) is 0.263. The molecule has 0 unspecified atom stereocenters. The van der Waals surface area contributed by atoms with Crippen LogP contribution in [0.1, 0.15) is 36.0 Å². The van der Waals surface area contributed by atoms with Crippen LogP contribution in [0.5, 0.6) is 5.75 Å².